The molecule has 2 nitrogen and oxygen atoms in total. The molecule has 78 valence electrons. The van der Waals surface area contributed by atoms with E-state index in [1.807, 2.05) is 48.6 Å². The van der Waals surface area contributed by atoms with E-state index in [0.717, 1.165) is 21.9 Å². The third-order valence-corrected chi connectivity index (χ3v) is 3.13. The van der Waals surface area contributed by atoms with E-state index in [9.17, 15) is 10.0 Å². The van der Waals surface area contributed by atoms with Crippen LogP contribution in [-0.4, -0.2) is 17.2 Å². The Morgan fingerprint density at radius 2 is 1.75 bits per heavy atom. The van der Waals surface area contributed by atoms with Crippen LogP contribution in [-0.2, 0) is 0 Å². The van der Waals surface area contributed by atoms with Gasteiger partial charge < -0.3 is 10.0 Å². The molecule has 3 rings (SSSR count). The van der Waals surface area contributed by atoms with Gasteiger partial charge in [0.25, 0.3) is 0 Å². The lowest BCUT2D eigenvalue weighted by atomic mass is 9.65. The molecule has 1 aliphatic rings. The van der Waals surface area contributed by atoms with Crippen LogP contribution < -0.4 is 0 Å². The molecule has 1 aliphatic carbocycles. The minimum atomic E-state index is -1.34. The van der Waals surface area contributed by atoms with Crippen molar-refractivity contribution in [3.05, 3.63) is 53.6 Å². The van der Waals surface area contributed by atoms with Crippen LogP contribution in [0.2, 0.25) is 0 Å². The summed E-state index contributed by atoms with van der Waals surface area (Å²) in [5.74, 6) is -0.321. The highest BCUT2D eigenvalue weighted by molar-refractivity contribution is 6.45. The van der Waals surface area contributed by atoms with Crippen LogP contribution in [0.4, 0.5) is 0 Å². The van der Waals surface area contributed by atoms with Crippen LogP contribution in [0, 0.1) is 0 Å². The van der Waals surface area contributed by atoms with Crippen molar-refractivity contribution in [2.45, 2.75) is 5.82 Å². The lowest BCUT2D eigenvalue weighted by Crippen LogP contribution is -2.23. The maximum Gasteiger partial charge on any atom is 0.463 e. The van der Waals surface area contributed by atoms with Gasteiger partial charge in [0.15, 0.2) is 0 Å². The minimum absolute atomic E-state index is 0.321. The van der Waals surface area contributed by atoms with E-state index in [-0.39, 0.29) is 5.82 Å². The highest BCUT2D eigenvalue weighted by Crippen LogP contribution is 2.34. The topological polar surface area (TPSA) is 40.5 Å². The van der Waals surface area contributed by atoms with Crippen molar-refractivity contribution in [3.63, 3.8) is 0 Å². The zero-order valence-corrected chi connectivity index (χ0v) is 8.67. The van der Waals surface area contributed by atoms with Gasteiger partial charge in [-0.1, -0.05) is 48.6 Å². The Morgan fingerprint density at radius 1 is 1.00 bits per heavy atom. The molecular weight excluding hydrogens is 199 g/mol. The lowest BCUT2D eigenvalue weighted by Gasteiger charge is -2.20. The van der Waals surface area contributed by atoms with Gasteiger partial charge in [-0.05, 0) is 21.9 Å². The van der Waals surface area contributed by atoms with Gasteiger partial charge in [-0.2, -0.15) is 0 Å². The maximum absolute atomic E-state index is 9.36. The number of hydrogen-bond donors (Lipinski definition) is 2. The summed E-state index contributed by atoms with van der Waals surface area (Å²) in [7, 11) is -1.34. The summed E-state index contributed by atoms with van der Waals surface area (Å²) in [6.45, 7) is 0. The molecule has 0 aromatic heterocycles. The predicted octanol–water partition coefficient (Wildman–Crippen LogP) is 1.96. The molecule has 2 aromatic rings. The molecule has 0 amide bonds. The van der Waals surface area contributed by atoms with E-state index in [2.05, 4.69) is 0 Å². The first-order valence-electron chi connectivity index (χ1n) is 5.33. The molecule has 1 atom stereocenters. The van der Waals surface area contributed by atoms with Crippen LogP contribution in [0.3, 0.4) is 0 Å². The first-order chi connectivity index (χ1) is 7.77. The Labute approximate surface area is 94.0 Å². The van der Waals surface area contributed by atoms with Crippen molar-refractivity contribution in [1.82, 2.24) is 0 Å². The van der Waals surface area contributed by atoms with Crippen molar-refractivity contribution < 1.29 is 10.0 Å². The number of hydrogen-bond acceptors (Lipinski definition) is 2. The summed E-state index contributed by atoms with van der Waals surface area (Å²) in [6.07, 6.45) is 3.81. The lowest BCUT2D eigenvalue weighted by molar-refractivity contribution is 0.398. The van der Waals surface area contributed by atoms with Gasteiger partial charge >= 0.3 is 7.12 Å². The Bertz CT molecular complexity index is 570. The molecule has 0 spiro atoms. The number of allylic oxidation sites excluding steroid dienone is 1. The standard InChI is InChI=1S/C13H11BO2/c15-14(16)12-8-7-10-4-1-3-9-5-2-6-11(12)13(9)10/h1-8,12,15-16H. The molecule has 16 heavy (non-hydrogen) atoms. The Morgan fingerprint density at radius 3 is 2.50 bits per heavy atom. The Balaban J connectivity index is 2.36. The van der Waals surface area contributed by atoms with E-state index >= 15 is 0 Å². The summed E-state index contributed by atoms with van der Waals surface area (Å²) >= 11 is 0. The molecule has 0 saturated carbocycles. The van der Waals surface area contributed by atoms with E-state index < -0.39 is 7.12 Å². The second-order valence-corrected chi connectivity index (χ2v) is 4.09. The van der Waals surface area contributed by atoms with Gasteiger partial charge in [-0.15, -0.1) is 0 Å². The van der Waals surface area contributed by atoms with E-state index in [0.29, 0.717) is 0 Å². The molecule has 0 radical (unpaired) electrons. The molecule has 1 unspecified atom stereocenters. The van der Waals surface area contributed by atoms with Crippen molar-refractivity contribution >= 4 is 24.0 Å². The van der Waals surface area contributed by atoms with Crippen molar-refractivity contribution in [2.75, 3.05) is 0 Å². The molecule has 0 saturated heterocycles. The quantitative estimate of drug-likeness (QED) is 0.706. The maximum atomic E-state index is 9.36. The Hall–Kier alpha value is -1.58. The van der Waals surface area contributed by atoms with Gasteiger partial charge in [-0.3, -0.25) is 0 Å². The third-order valence-electron chi connectivity index (χ3n) is 3.13. The SMILES string of the molecule is OB(O)C1C=Cc2cccc3cccc1c23. The number of benzene rings is 2. The van der Waals surface area contributed by atoms with Crippen molar-refractivity contribution in [1.29, 1.82) is 0 Å². The second-order valence-electron chi connectivity index (χ2n) is 4.09. The van der Waals surface area contributed by atoms with Crippen LogP contribution in [0.25, 0.3) is 16.8 Å². The molecular formula is C13H11BO2. The molecule has 3 heteroatoms. The average Bonchev–Trinajstić information content (AvgIpc) is 2.30. The van der Waals surface area contributed by atoms with Crippen LogP contribution in [0.1, 0.15) is 16.9 Å². The van der Waals surface area contributed by atoms with Gasteiger partial charge in [0, 0.05) is 5.82 Å². The van der Waals surface area contributed by atoms with Crippen LogP contribution in [0.15, 0.2) is 42.5 Å². The molecule has 0 aliphatic heterocycles. The van der Waals surface area contributed by atoms with Gasteiger partial charge in [0.1, 0.15) is 0 Å². The first kappa shape index (κ1) is 9.64. The largest absolute Gasteiger partial charge is 0.463 e. The zero-order chi connectivity index (χ0) is 11.1. The highest BCUT2D eigenvalue weighted by atomic mass is 16.4. The fourth-order valence-corrected chi connectivity index (χ4v) is 2.39. The van der Waals surface area contributed by atoms with Crippen LogP contribution in [0.5, 0.6) is 0 Å². The molecule has 2 N–H and O–H groups in total. The normalized spacial score (nSPS) is 17.8. The zero-order valence-electron chi connectivity index (χ0n) is 8.67. The fraction of sp³-hybridized carbons (Fsp3) is 0.0769. The monoisotopic (exact) mass is 210 g/mol. The summed E-state index contributed by atoms with van der Waals surface area (Å²) in [4.78, 5) is 0. The van der Waals surface area contributed by atoms with E-state index in [1.54, 1.807) is 0 Å². The third kappa shape index (κ3) is 1.29. The number of rotatable bonds is 1. The predicted molar refractivity (Wildman–Crippen MR) is 65.9 cm³/mol. The molecule has 2 aromatic carbocycles. The van der Waals surface area contributed by atoms with Gasteiger partial charge in [0.05, 0.1) is 0 Å². The van der Waals surface area contributed by atoms with Crippen molar-refractivity contribution in [2.24, 2.45) is 0 Å². The second kappa shape index (κ2) is 3.47. The highest BCUT2D eigenvalue weighted by Gasteiger charge is 2.26. The van der Waals surface area contributed by atoms with Crippen LogP contribution >= 0.6 is 0 Å². The molecule has 0 fully saturated rings. The summed E-state index contributed by atoms with van der Waals surface area (Å²) < 4.78 is 0. The minimum Gasteiger partial charge on any atom is -0.426 e. The van der Waals surface area contributed by atoms with Crippen molar-refractivity contribution in [3.8, 4) is 0 Å². The molecule has 0 heterocycles. The van der Waals surface area contributed by atoms with Gasteiger partial charge in [-0.25, -0.2) is 0 Å². The van der Waals surface area contributed by atoms with E-state index in [1.165, 1.54) is 0 Å². The van der Waals surface area contributed by atoms with Gasteiger partial charge in [0.2, 0.25) is 0 Å². The first-order valence-corrected chi connectivity index (χ1v) is 5.33. The average molecular weight is 210 g/mol. The summed E-state index contributed by atoms with van der Waals surface area (Å²) in [6, 6.07) is 12.1. The molecule has 0 bridgehead atoms. The fourth-order valence-electron chi connectivity index (χ4n) is 2.39. The Kier molecular flexibility index (Phi) is 2.09. The smallest absolute Gasteiger partial charge is 0.426 e. The summed E-state index contributed by atoms with van der Waals surface area (Å²) in [5.41, 5.74) is 2.13. The van der Waals surface area contributed by atoms with E-state index in [4.69, 9.17) is 0 Å². The summed E-state index contributed by atoms with van der Waals surface area (Å²) in [5, 5.41) is 21.0.